The summed E-state index contributed by atoms with van der Waals surface area (Å²) < 4.78 is 5.51. The van der Waals surface area contributed by atoms with E-state index in [4.69, 9.17) is 4.74 Å². The maximum Gasteiger partial charge on any atom is 0.164 e. The van der Waals surface area contributed by atoms with Crippen LogP contribution in [0.2, 0.25) is 0 Å². The van der Waals surface area contributed by atoms with Crippen molar-refractivity contribution in [3.05, 3.63) is 54.0 Å². The number of rotatable bonds is 2. The first-order chi connectivity index (χ1) is 6.86. The first-order valence-electron chi connectivity index (χ1n) is 4.69. The highest BCUT2D eigenvalue weighted by Gasteiger charge is 2.08. The number of benzene rings is 1. The molecule has 1 aromatic carbocycles. The molecule has 0 aliphatic heterocycles. The van der Waals surface area contributed by atoms with Gasteiger partial charge in [-0.1, -0.05) is 18.2 Å². The molecule has 2 heteroatoms. The monoisotopic (exact) mass is 188 g/mol. The fourth-order valence-corrected chi connectivity index (χ4v) is 1.35. The molecule has 0 heterocycles. The van der Waals surface area contributed by atoms with E-state index in [2.05, 4.69) is 0 Å². The van der Waals surface area contributed by atoms with Gasteiger partial charge in [0.25, 0.3) is 0 Å². The Morgan fingerprint density at radius 2 is 1.71 bits per heavy atom. The summed E-state index contributed by atoms with van der Waals surface area (Å²) in [5, 5.41) is 9.50. The smallest absolute Gasteiger partial charge is 0.164 e. The Morgan fingerprint density at radius 3 is 2.43 bits per heavy atom. The molecule has 0 saturated heterocycles. The molecule has 0 radical (unpaired) electrons. The quantitative estimate of drug-likeness (QED) is 0.772. The minimum Gasteiger partial charge on any atom is -0.504 e. The van der Waals surface area contributed by atoms with E-state index in [-0.39, 0.29) is 5.76 Å². The predicted octanol–water partition coefficient (Wildman–Crippen LogP) is 3.19. The van der Waals surface area contributed by atoms with E-state index >= 15 is 0 Å². The second-order valence-corrected chi connectivity index (χ2v) is 3.15. The highest BCUT2D eigenvalue weighted by molar-refractivity contribution is 5.30. The molecule has 1 aromatic rings. The maximum absolute atomic E-state index is 9.50. The molecule has 0 atom stereocenters. The van der Waals surface area contributed by atoms with Gasteiger partial charge >= 0.3 is 0 Å². The van der Waals surface area contributed by atoms with Gasteiger partial charge in [-0.05, 0) is 37.1 Å². The number of allylic oxidation sites excluding steroid dienone is 2. The van der Waals surface area contributed by atoms with Crippen LogP contribution in [0.15, 0.2) is 54.0 Å². The van der Waals surface area contributed by atoms with Crippen molar-refractivity contribution < 1.29 is 9.84 Å². The van der Waals surface area contributed by atoms with Gasteiger partial charge in [0.05, 0.1) is 0 Å². The zero-order valence-electron chi connectivity index (χ0n) is 7.81. The molecule has 2 nitrogen and oxygen atoms in total. The first kappa shape index (κ1) is 8.88. The topological polar surface area (TPSA) is 29.5 Å². The van der Waals surface area contributed by atoms with Gasteiger partial charge in [-0.3, -0.25) is 0 Å². The largest absolute Gasteiger partial charge is 0.504 e. The molecule has 0 saturated carbocycles. The third kappa shape index (κ3) is 1.96. The second kappa shape index (κ2) is 4.01. The van der Waals surface area contributed by atoms with Crippen molar-refractivity contribution in [2.45, 2.75) is 12.8 Å². The zero-order valence-corrected chi connectivity index (χ0v) is 7.81. The Hall–Kier alpha value is -1.70. The molecule has 72 valence electrons. The van der Waals surface area contributed by atoms with Crippen molar-refractivity contribution in [3.63, 3.8) is 0 Å². The van der Waals surface area contributed by atoms with Crippen LogP contribution in [-0.2, 0) is 0 Å². The Morgan fingerprint density at radius 1 is 1.00 bits per heavy atom. The van der Waals surface area contributed by atoms with Gasteiger partial charge in [0, 0.05) is 0 Å². The summed E-state index contributed by atoms with van der Waals surface area (Å²) in [6.45, 7) is 0. The van der Waals surface area contributed by atoms with E-state index in [0.717, 1.165) is 18.6 Å². The molecule has 0 spiro atoms. The molecule has 14 heavy (non-hydrogen) atoms. The normalized spacial score (nSPS) is 15.7. The van der Waals surface area contributed by atoms with E-state index in [1.54, 1.807) is 6.08 Å². The minimum absolute atomic E-state index is 0.236. The number of ether oxygens (including phenoxy) is 1. The zero-order chi connectivity index (χ0) is 9.80. The van der Waals surface area contributed by atoms with E-state index in [1.165, 1.54) is 0 Å². The van der Waals surface area contributed by atoms with Crippen molar-refractivity contribution >= 4 is 0 Å². The number of hydrogen-bond donors (Lipinski definition) is 1. The summed E-state index contributed by atoms with van der Waals surface area (Å²) >= 11 is 0. The van der Waals surface area contributed by atoms with Crippen LogP contribution in [0.5, 0.6) is 5.75 Å². The van der Waals surface area contributed by atoms with Gasteiger partial charge in [-0.15, -0.1) is 0 Å². The molecule has 0 fully saturated rings. The van der Waals surface area contributed by atoms with Crippen LogP contribution in [0.1, 0.15) is 12.8 Å². The third-order valence-corrected chi connectivity index (χ3v) is 2.06. The highest BCUT2D eigenvalue weighted by atomic mass is 16.5. The van der Waals surface area contributed by atoms with Crippen molar-refractivity contribution in [1.82, 2.24) is 0 Å². The van der Waals surface area contributed by atoms with Crippen LogP contribution in [0.25, 0.3) is 0 Å². The lowest BCUT2D eigenvalue weighted by Gasteiger charge is -2.12. The molecular formula is C12H12O2. The predicted molar refractivity (Wildman–Crippen MR) is 55.1 cm³/mol. The lowest BCUT2D eigenvalue weighted by Crippen LogP contribution is -2.01. The summed E-state index contributed by atoms with van der Waals surface area (Å²) in [7, 11) is 0. The van der Waals surface area contributed by atoms with Crippen LogP contribution < -0.4 is 4.74 Å². The molecule has 1 N–H and O–H groups in total. The number of hydrogen-bond acceptors (Lipinski definition) is 2. The molecule has 0 unspecified atom stereocenters. The van der Waals surface area contributed by atoms with Crippen LogP contribution in [0.4, 0.5) is 0 Å². The molecular weight excluding hydrogens is 176 g/mol. The lowest BCUT2D eigenvalue weighted by atomic mass is 10.1. The Bertz CT molecular complexity index is 363. The minimum atomic E-state index is 0.236. The molecule has 0 bridgehead atoms. The third-order valence-electron chi connectivity index (χ3n) is 2.06. The molecule has 0 aromatic heterocycles. The highest BCUT2D eigenvalue weighted by Crippen LogP contribution is 2.20. The fourth-order valence-electron chi connectivity index (χ4n) is 1.35. The van der Waals surface area contributed by atoms with Crippen molar-refractivity contribution in [1.29, 1.82) is 0 Å². The van der Waals surface area contributed by atoms with Crippen LogP contribution >= 0.6 is 0 Å². The standard InChI is InChI=1S/C12H12O2/c13-11-8-4-5-9-12(11)14-10-6-2-1-3-7-10/h1-3,6-9,13H,4-5H2. The molecule has 1 aliphatic carbocycles. The molecule has 1 aliphatic rings. The van der Waals surface area contributed by atoms with Gasteiger partial charge in [-0.2, -0.15) is 0 Å². The summed E-state index contributed by atoms with van der Waals surface area (Å²) in [4.78, 5) is 0. The number of para-hydroxylation sites is 1. The summed E-state index contributed by atoms with van der Waals surface area (Å²) in [6, 6.07) is 9.46. The van der Waals surface area contributed by atoms with E-state index in [1.807, 2.05) is 36.4 Å². The SMILES string of the molecule is OC1=CCCC=C1Oc1ccccc1. The first-order valence-corrected chi connectivity index (χ1v) is 4.69. The lowest BCUT2D eigenvalue weighted by molar-refractivity contribution is 0.330. The van der Waals surface area contributed by atoms with Crippen LogP contribution in [-0.4, -0.2) is 5.11 Å². The molecule has 0 amide bonds. The van der Waals surface area contributed by atoms with Crippen molar-refractivity contribution in [2.24, 2.45) is 0 Å². The van der Waals surface area contributed by atoms with Gasteiger partial charge < -0.3 is 9.84 Å². The Labute approximate surface area is 83.1 Å². The Kier molecular flexibility index (Phi) is 2.54. The van der Waals surface area contributed by atoms with Crippen LogP contribution in [0.3, 0.4) is 0 Å². The van der Waals surface area contributed by atoms with Gasteiger partial charge in [-0.25, -0.2) is 0 Å². The van der Waals surface area contributed by atoms with Crippen molar-refractivity contribution in [2.75, 3.05) is 0 Å². The van der Waals surface area contributed by atoms with Gasteiger partial charge in [0.2, 0.25) is 0 Å². The van der Waals surface area contributed by atoms with Gasteiger partial charge in [0.15, 0.2) is 11.5 Å². The summed E-state index contributed by atoms with van der Waals surface area (Å²) in [5.41, 5.74) is 0. The van der Waals surface area contributed by atoms with E-state index in [0.29, 0.717) is 5.76 Å². The van der Waals surface area contributed by atoms with E-state index < -0.39 is 0 Å². The van der Waals surface area contributed by atoms with Crippen LogP contribution in [0, 0.1) is 0 Å². The second-order valence-electron chi connectivity index (χ2n) is 3.15. The van der Waals surface area contributed by atoms with E-state index in [9.17, 15) is 5.11 Å². The van der Waals surface area contributed by atoms with Gasteiger partial charge in [0.1, 0.15) is 5.75 Å². The number of aliphatic hydroxyl groups excluding tert-OH is 1. The average Bonchev–Trinajstić information content (AvgIpc) is 2.23. The van der Waals surface area contributed by atoms with Crippen molar-refractivity contribution in [3.8, 4) is 5.75 Å². The Balaban J connectivity index is 2.12. The fraction of sp³-hybridized carbons (Fsp3) is 0.167. The number of aliphatic hydroxyl groups is 1. The summed E-state index contributed by atoms with van der Waals surface area (Å²) in [5.74, 6) is 1.54. The average molecular weight is 188 g/mol. The summed E-state index contributed by atoms with van der Waals surface area (Å²) in [6.07, 6.45) is 5.49. The maximum atomic E-state index is 9.50. The molecule has 2 rings (SSSR count).